The van der Waals surface area contributed by atoms with E-state index in [1.165, 1.54) is 0 Å². The number of rotatable bonds is 4. The smallest absolute Gasteiger partial charge is 0.134 e. The fraction of sp³-hybridized carbons (Fsp3) is 0.231. The minimum atomic E-state index is 0.404. The Morgan fingerprint density at radius 3 is 2.74 bits per heavy atom. The maximum Gasteiger partial charge on any atom is 0.134 e. The van der Waals surface area contributed by atoms with E-state index in [4.69, 9.17) is 27.9 Å². The van der Waals surface area contributed by atoms with Gasteiger partial charge in [-0.15, -0.1) is 0 Å². The maximum atomic E-state index is 6.16. The van der Waals surface area contributed by atoms with Gasteiger partial charge in [0.05, 0.1) is 7.11 Å². The summed E-state index contributed by atoms with van der Waals surface area (Å²) in [7, 11) is 1.61. The van der Waals surface area contributed by atoms with Crippen molar-refractivity contribution in [2.24, 2.45) is 0 Å². The van der Waals surface area contributed by atoms with Crippen LogP contribution in [0.5, 0.6) is 5.75 Å². The molecule has 2 aromatic rings. The number of aryl methyl sites for hydroxylation is 1. The highest BCUT2D eigenvalue weighted by atomic mass is 35.5. The van der Waals surface area contributed by atoms with E-state index in [-0.39, 0.29) is 0 Å². The molecule has 4 nitrogen and oxygen atoms in total. The molecule has 100 valence electrons. The Hall–Kier alpha value is -1.52. The largest absolute Gasteiger partial charge is 0.496 e. The first-order valence-electron chi connectivity index (χ1n) is 5.66. The minimum Gasteiger partial charge on any atom is -0.496 e. The number of methoxy groups -OCH3 is 1. The lowest BCUT2D eigenvalue weighted by atomic mass is 10.2. The summed E-state index contributed by atoms with van der Waals surface area (Å²) in [5.74, 6) is 2.00. The van der Waals surface area contributed by atoms with Gasteiger partial charge in [-0.3, -0.25) is 0 Å². The zero-order chi connectivity index (χ0) is 13.8. The molecule has 0 aliphatic carbocycles. The van der Waals surface area contributed by atoms with Gasteiger partial charge in [-0.25, -0.2) is 9.97 Å². The summed E-state index contributed by atoms with van der Waals surface area (Å²) in [5.41, 5.74) is 0.874. The van der Waals surface area contributed by atoms with Gasteiger partial charge in [-0.05, 0) is 19.1 Å². The molecule has 6 heteroatoms. The number of anilines is 1. The Balaban J connectivity index is 2.18. The highest BCUT2D eigenvalue weighted by molar-refractivity contribution is 6.31. The molecule has 0 aliphatic heterocycles. The minimum absolute atomic E-state index is 0.404. The highest BCUT2D eigenvalue weighted by Gasteiger charge is 2.08. The van der Waals surface area contributed by atoms with Crippen molar-refractivity contribution in [2.75, 3.05) is 12.4 Å². The van der Waals surface area contributed by atoms with Crippen LogP contribution in [0, 0.1) is 6.92 Å². The van der Waals surface area contributed by atoms with E-state index >= 15 is 0 Å². The lowest BCUT2D eigenvalue weighted by Gasteiger charge is -2.12. The Kier molecular flexibility index (Phi) is 4.45. The molecule has 0 saturated heterocycles. The predicted octanol–water partition coefficient (Wildman–Crippen LogP) is 3.71. The Morgan fingerprint density at radius 1 is 1.26 bits per heavy atom. The second-order valence-corrected chi connectivity index (χ2v) is 4.69. The lowest BCUT2D eigenvalue weighted by molar-refractivity contribution is 0.410. The topological polar surface area (TPSA) is 47.0 Å². The van der Waals surface area contributed by atoms with Gasteiger partial charge in [-0.1, -0.05) is 29.3 Å². The van der Waals surface area contributed by atoms with E-state index in [9.17, 15) is 0 Å². The normalized spacial score (nSPS) is 10.3. The molecule has 0 spiro atoms. The predicted molar refractivity (Wildman–Crippen MR) is 77.1 cm³/mol. The van der Waals surface area contributed by atoms with Crippen molar-refractivity contribution in [3.63, 3.8) is 0 Å². The molecule has 2 rings (SSSR count). The van der Waals surface area contributed by atoms with Crippen molar-refractivity contribution in [1.82, 2.24) is 9.97 Å². The summed E-state index contributed by atoms with van der Waals surface area (Å²) in [6, 6.07) is 7.19. The Labute approximate surface area is 121 Å². The molecule has 0 amide bonds. The molecule has 0 atom stereocenters. The third-order valence-corrected chi connectivity index (χ3v) is 3.10. The fourth-order valence-electron chi connectivity index (χ4n) is 1.70. The van der Waals surface area contributed by atoms with Crippen molar-refractivity contribution < 1.29 is 4.74 Å². The van der Waals surface area contributed by atoms with Crippen LogP contribution in [-0.2, 0) is 6.54 Å². The molecule has 19 heavy (non-hydrogen) atoms. The Morgan fingerprint density at radius 2 is 2.05 bits per heavy atom. The van der Waals surface area contributed by atoms with Gasteiger partial charge in [0.25, 0.3) is 0 Å². The van der Waals surface area contributed by atoms with E-state index in [0.29, 0.717) is 28.4 Å². The summed E-state index contributed by atoms with van der Waals surface area (Å²) in [6.45, 7) is 2.28. The molecule has 1 aromatic carbocycles. The molecule has 0 saturated carbocycles. The molecular weight excluding hydrogens is 285 g/mol. The zero-order valence-electron chi connectivity index (χ0n) is 10.6. The summed E-state index contributed by atoms with van der Waals surface area (Å²) >= 11 is 12.0. The van der Waals surface area contributed by atoms with Crippen molar-refractivity contribution in [1.29, 1.82) is 0 Å². The van der Waals surface area contributed by atoms with Crippen LogP contribution in [0.25, 0.3) is 0 Å². The van der Waals surface area contributed by atoms with Gasteiger partial charge >= 0.3 is 0 Å². The standard InChI is InChI=1S/C13H13Cl2N3O/c1-8-17-12(15)6-13(18-8)16-7-9-10(14)4-3-5-11(9)19-2/h3-6H,7H2,1-2H3,(H,16,17,18). The number of aromatic nitrogens is 2. The first-order valence-corrected chi connectivity index (χ1v) is 6.42. The van der Waals surface area contributed by atoms with Gasteiger partial charge < -0.3 is 10.1 Å². The van der Waals surface area contributed by atoms with Crippen molar-refractivity contribution in [3.05, 3.63) is 45.8 Å². The Bertz CT molecular complexity index is 570. The summed E-state index contributed by atoms with van der Waals surface area (Å²) in [6.07, 6.45) is 0. The molecule has 1 N–H and O–H groups in total. The number of hydrogen-bond donors (Lipinski definition) is 1. The average molecular weight is 298 g/mol. The first-order chi connectivity index (χ1) is 9.10. The second-order valence-electron chi connectivity index (χ2n) is 3.90. The number of nitrogens with one attached hydrogen (secondary N) is 1. The molecular formula is C13H13Cl2N3O. The molecule has 1 aromatic heterocycles. The fourth-order valence-corrected chi connectivity index (χ4v) is 2.16. The van der Waals surface area contributed by atoms with Crippen LogP contribution >= 0.6 is 23.2 Å². The van der Waals surface area contributed by atoms with Gasteiger partial charge in [0.1, 0.15) is 22.5 Å². The van der Waals surface area contributed by atoms with E-state index in [1.807, 2.05) is 18.2 Å². The van der Waals surface area contributed by atoms with Crippen LogP contribution in [0.2, 0.25) is 10.2 Å². The summed E-state index contributed by atoms with van der Waals surface area (Å²) in [5, 5.41) is 4.20. The van der Waals surface area contributed by atoms with E-state index < -0.39 is 0 Å². The highest BCUT2D eigenvalue weighted by Crippen LogP contribution is 2.27. The van der Waals surface area contributed by atoms with Crippen molar-refractivity contribution in [3.8, 4) is 5.75 Å². The number of benzene rings is 1. The third-order valence-electron chi connectivity index (χ3n) is 2.55. The molecule has 0 fully saturated rings. The number of halogens is 2. The molecule has 0 radical (unpaired) electrons. The second kappa shape index (κ2) is 6.08. The summed E-state index contributed by atoms with van der Waals surface area (Å²) < 4.78 is 5.28. The third kappa shape index (κ3) is 3.49. The maximum absolute atomic E-state index is 6.16. The van der Waals surface area contributed by atoms with Gasteiger partial charge in [-0.2, -0.15) is 0 Å². The van der Waals surface area contributed by atoms with Gasteiger partial charge in [0.15, 0.2) is 0 Å². The SMILES string of the molecule is COc1cccc(Cl)c1CNc1cc(Cl)nc(C)n1. The lowest BCUT2D eigenvalue weighted by Crippen LogP contribution is -2.05. The van der Waals surface area contributed by atoms with Crippen LogP contribution in [0.15, 0.2) is 24.3 Å². The molecule has 1 heterocycles. The average Bonchev–Trinajstić information content (AvgIpc) is 2.36. The quantitative estimate of drug-likeness (QED) is 0.874. The monoisotopic (exact) mass is 297 g/mol. The van der Waals surface area contributed by atoms with Crippen LogP contribution in [-0.4, -0.2) is 17.1 Å². The van der Waals surface area contributed by atoms with Crippen molar-refractivity contribution >= 4 is 29.0 Å². The van der Waals surface area contributed by atoms with Gasteiger partial charge in [0, 0.05) is 23.2 Å². The number of nitrogens with zero attached hydrogens (tertiary/aromatic N) is 2. The molecule has 0 aliphatic rings. The molecule has 0 unspecified atom stereocenters. The number of hydrogen-bond acceptors (Lipinski definition) is 4. The zero-order valence-corrected chi connectivity index (χ0v) is 12.1. The molecule has 0 bridgehead atoms. The van der Waals surface area contributed by atoms with Crippen LogP contribution in [0.1, 0.15) is 11.4 Å². The van der Waals surface area contributed by atoms with Crippen LogP contribution in [0.4, 0.5) is 5.82 Å². The van der Waals surface area contributed by atoms with Crippen LogP contribution in [0.3, 0.4) is 0 Å². The first kappa shape index (κ1) is 13.9. The van der Waals surface area contributed by atoms with Crippen molar-refractivity contribution in [2.45, 2.75) is 13.5 Å². The van der Waals surface area contributed by atoms with E-state index in [2.05, 4.69) is 15.3 Å². The van der Waals surface area contributed by atoms with Gasteiger partial charge in [0.2, 0.25) is 0 Å². The summed E-state index contributed by atoms with van der Waals surface area (Å²) in [4.78, 5) is 8.25. The van der Waals surface area contributed by atoms with Crippen LogP contribution < -0.4 is 10.1 Å². The van der Waals surface area contributed by atoms with E-state index in [1.54, 1.807) is 20.1 Å². The number of ether oxygens (including phenoxy) is 1. The van der Waals surface area contributed by atoms with E-state index in [0.717, 1.165) is 11.3 Å².